The molecule has 0 aromatic rings. The van der Waals surface area contributed by atoms with Crippen molar-refractivity contribution in [3.05, 3.63) is 0 Å². The van der Waals surface area contributed by atoms with Gasteiger partial charge in [-0.2, -0.15) is 0 Å². The Morgan fingerprint density at radius 3 is 2.64 bits per heavy atom. The molecule has 1 N–H and O–H groups in total. The van der Waals surface area contributed by atoms with E-state index in [1.807, 2.05) is 20.8 Å². The number of hydrogen-bond donors (Lipinski definition) is 1. The number of rotatable bonds is 2. The highest BCUT2D eigenvalue weighted by Gasteiger charge is 2.35. The summed E-state index contributed by atoms with van der Waals surface area (Å²) in [5, 5.41) is 8.83. The monoisotopic (exact) mass is 160 g/mol. The highest BCUT2D eigenvalue weighted by molar-refractivity contribution is 4.74. The largest absolute Gasteiger partial charge is 0.396 e. The van der Waals surface area contributed by atoms with E-state index >= 15 is 0 Å². The van der Waals surface area contributed by atoms with Crippen LogP contribution in [0, 0.1) is 5.92 Å². The fraction of sp³-hybridized carbons (Fsp3) is 1.00. The van der Waals surface area contributed by atoms with Crippen LogP contribution in [0.5, 0.6) is 0 Å². The van der Waals surface area contributed by atoms with Crippen molar-refractivity contribution in [3.8, 4) is 0 Å². The lowest BCUT2D eigenvalue weighted by atomic mass is 10.1. The zero-order chi connectivity index (χ0) is 8.48. The molecule has 3 nitrogen and oxygen atoms in total. The van der Waals surface area contributed by atoms with Gasteiger partial charge in [0.15, 0.2) is 5.79 Å². The van der Waals surface area contributed by atoms with Gasteiger partial charge in [-0.25, -0.2) is 0 Å². The summed E-state index contributed by atoms with van der Waals surface area (Å²) >= 11 is 0. The van der Waals surface area contributed by atoms with Gasteiger partial charge >= 0.3 is 0 Å². The SMILES string of the molecule is CC(CO)C1COC(C)(C)O1. The molecular weight excluding hydrogens is 144 g/mol. The molecule has 1 rings (SSSR count). The second-order valence-corrected chi connectivity index (χ2v) is 3.53. The van der Waals surface area contributed by atoms with Crippen molar-refractivity contribution >= 4 is 0 Å². The highest BCUT2D eigenvalue weighted by Crippen LogP contribution is 2.26. The third-order valence-electron chi connectivity index (χ3n) is 1.95. The summed E-state index contributed by atoms with van der Waals surface area (Å²) in [6.45, 7) is 6.47. The minimum absolute atomic E-state index is 0.0509. The van der Waals surface area contributed by atoms with Crippen LogP contribution in [0.2, 0.25) is 0 Å². The quantitative estimate of drug-likeness (QED) is 0.648. The molecule has 1 aliphatic rings. The zero-order valence-corrected chi connectivity index (χ0v) is 7.33. The van der Waals surface area contributed by atoms with Gasteiger partial charge in [-0.05, 0) is 13.8 Å². The van der Waals surface area contributed by atoms with E-state index in [-0.39, 0.29) is 18.6 Å². The van der Waals surface area contributed by atoms with E-state index in [0.29, 0.717) is 6.61 Å². The molecule has 0 aromatic carbocycles. The fourth-order valence-corrected chi connectivity index (χ4v) is 1.11. The molecule has 2 unspecified atom stereocenters. The molecule has 11 heavy (non-hydrogen) atoms. The molecule has 2 atom stereocenters. The van der Waals surface area contributed by atoms with Crippen LogP contribution in [-0.2, 0) is 9.47 Å². The maximum atomic E-state index is 8.83. The summed E-state index contributed by atoms with van der Waals surface area (Å²) in [5.41, 5.74) is 0. The summed E-state index contributed by atoms with van der Waals surface area (Å²) in [5.74, 6) is -0.301. The van der Waals surface area contributed by atoms with Gasteiger partial charge in [0, 0.05) is 12.5 Å². The van der Waals surface area contributed by atoms with Crippen molar-refractivity contribution < 1.29 is 14.6 Å². The third-order valence-corrected chi connectivity index (χ3v) is 1.95. The number of aliphatic hydroxyl groups excluding tert-OH is 1. The summed E-state index contributed by atoms with van der Waals surface area (Å²) in [7, 11) is 0. The summed E-state index contributed by atoms with van der Waals surface area (Å²) in [4.78, 5) is 0. The van der Waals surface area contributed by atoms with Crippen molar-refractivity contribution in [1.82, 2.24) is 0 Å². The van der Waals surface area contributed by atoms with Gasteiger partial charge in [0.2, 0.25) is 0 Å². The van der Waals surface area contributed by atoms with Crippen LogP contribution in [0.1, 0.15) is 20.8 Å². The molecule has 0 saturated carbocycles. The van der Waals surface area contributed by atoms with E-state index in [1.165, 1.54) is 0 Å². The second-order valence-electron chi connectivity index (χ2n) is 3.53. The molecule has 1 aliphatic heterocycles. The lowest BCUT2D eigenvalue weighted by Crippen LogP contribution is -2.26. The Labute approximate surface area is 67.3 Å². The first kappa shape index (κ1) is 8.97. The van der Waals surface area contributed by atoms with Crippen molar-refractivity contribution in [2.24, 2.45) is 5.92 Å². The molecule has 0 aliphatic carbocycles. The molecule has 0 aromatic heterocycles. The standard InChI is InChI=1S/C8H16O3/c1-6(4-9)7-5-10-8(2,3)11-7/h6-7,9H,4-5H2,1-3H3. The van der Waals surface area contributed by atoms with Gasteiger partial charge < -0.3 is 14.6 Å². The lowest BCUT2D eigenvalue weighted by Gasteiger charge is -2.19. The summed E-state index contributed by atoms with van der Waals surface area (Å²) in [6.07, 6.45) is 0.0509. The van der Waals surface area contributed by atoms with Crippen LogP contribution >= 0.6 is 0 Å². The highest BCUT2D eigenvalue weighted by atomic mass is 16.7. The Balaban J connectivity index is 2.41. The van der Waals surface area contributed by atoms with E-state index in [4.69, 9.17) is 14.6 Å². The van der Waals surface area contributed by atoms with Crippen molar-refractivity contribution in [2.45, 2.75) is 32.7 Å². The van der Waals surface area contributed by atoms with Crippen LogP contribution in [-0.4, -0.2) is 30.2 Å². The molecule has 0 bridgehead atoms. The lowest BCUT2D eigenvalue weighted by molar-refractivity contribution is -0.145. The average molecular weight is 160 g/mol. The van der Waals surface area contributed by atoms with E-state index < -0.39 is 5.79 Å². The maximum Gasteiger partial charge on any atom is 0.163 e. The van der Waals surface area contributed by atoms with E-state index in [0.717, 1.165) is 0 Å². The fourth-order valence-electron chi connectivity index (χ4n) is 1.11. The van der Waals surface area contributed by atoms with Gasteiger partial charge in [0.25, 0.3) is 0 Å². The Morgan fingerprint density at radius 1 is 1.64 bits per heavy atom. The van der Waals surface area contributed by atoms with Gasteiger partial charge in [-0.1, -0.05) is 6.92 Å². The van der Waals surface area contributed by atoms with Crippen LogP contribution in [0.3, 0.4) is 0 Å². The average Bonchev–Trinajstić information content (AvgIpc) is 2.29. The molecule has 0 amide bonds. The zero-order valence-electron chi connectivity index (χ0n) is 7.33. The molecule has 3 heteroatoms. The van der Waals surface area contributed by atoms with Gasteiger partial charge in [-0.15, -0.1) is 0 Å². The molecule has 66 valence electrons. The van der Waals surface area contributed by atoms with Crippen molar-refractivity contribution in [1.29, 1.82) is 0 Å². The molecule has 0 spiro atoms. The molecular formula is C8H16O3. The van der Waals surface area contributed by atoms with Crippen molar-refractivity contribution in [2.75, 3.05) is 13.2 Å². The minimum atomic E-state index is -0.464. The van der Waals surface area contributed by atoms with Gasteiger partial charge in [0.1, 0.15) is 0 Å². The van der Waals surface area contributed by atoms with Crippen LogP contribution in [0.4, 0.5) is 0 Å². The molecule has 1 fully saturated rings. The first-order chi connectivity index (χ1) is 5.05. The minimum Gasteiger partial charge on any atom is -0.396 e. The summed E-state index contributed by atoms with van der Waals surface area (Å²) in [6, 6.07) is 0. The first-order valence-electron chi connectivity index (χ1n) is 3.98. The number of hydrogen-bond acceptors (Lipinski definition) is 3. The van der Waals surface area contributed by atoms with Gasteiger partial charge in [0.05, 0.1) is 12.7 Å². The Kier molecular flexibility index (Phi) is 2.52. The number of aliphatic hydroxyl groups is 1. The van der Waals surface area contributed by atoms with Crippen LogP contribution < -0.4 is 0 Å². The topological polar surface area (TPSA) is 38.7 Å². The first-order valence-corrected chi connectivity index (χ1v) is 3.98. The van der Waals surface area contributed by atoms with Crippen LogP contribution in [0.15, 0.2) is 0 Å². The normalized spacial score (nSPS) is 32.2. The van der Waals surface area contributed by atoms with Gasteiger partial charge in [-0.3, -0.25) is 0 Å². The predicted molar refractivity (Wildman–Crippen MR) is 41.2 cm³/mol. The molecule has 1 saturated heterocycles. The Hall–Kier alpha value is -0.120. The van der Waals surface area contributed by atoms with E-state index in [1.54, 1.807) is 0 Å². The van der Waals surface area contributed by atoms with E-state index in [9.17, 15) is 0 Å². The number of ether oxygens (including phenoxy) is 2. The Morgan fingerprint density at radius 2 is 2.27 bits per heavy atom. The molecule has 0 radical (unpaired) electrons. The molecule has 1 heterocycles. The second kappa shape index (κ2) is 3.09. The smallest absolute Gasteiger partial charge is 0.163 e. The Bertz CT molecular complexity index is 133. The van der Waals surface area contributed by atoms with E-state index in [2.05, 4.69) is 0 Å². The third kappa shape index (κ3) is 2.15. The predicted octanol–water partition coefficient (Wildman–Crippen LogP) is 0.766. The van der Waals surface area contributed by atoms with Crippen molar-refractivity contribution in [3.63, 3.8) is 0 Å². The maximum absolute atomic E-state index is 8.83. The van der Waals surface area contributed by atoms with Crippen LogP contribution in [0.25, 0.3) is 0 Å². The summed E-state index contributed by atoms with van der Waals surface area (Å²) < 4.78 is 10.9.